The van der Waals surface area contributed by atoms with E-state index in [1.54, 1.807) is 0 Å². The molecule has 2 aromatic carbocycles. The SMILES string of the molecule is O=C(Nc1ccc(OC(F)(F)F)cc1)[C@H]1Nc2ccc(Cl)cc2S(=O)(=O)N1. The highest BCUT2D eigenvalue weighted by Gasteiger charge is 2.33. The number of carbonyl (C=O) groups is 1. The summed E-state index contributed by atoms with van der Waals surface area (Å²) in [4.78, 5) is 12.2. The largest absolute Gasteiger partial charge is 0.573 e. The molecule has 0 radical (unpaired) electrons. The van der Waals surface area contributed by atoms with Gasteiger partial charge in [-0.2, -0.15) is 4.72 Å². The molecule has 7 nitrogen and oxygen atoms in total. The van der Waals surface area contributed by atoms with E-state index < -0.39 is 34.2 Å². The standard InChI is InChI=1S/C15H11ClF3N3O4S/c16-8-1-6-11-12(7-8)27(24,25)22-13(21-11)14(23)20-9-2-4-10(5-3-9)26-15(17,18)19/h1-7,13,21-22H,(H,20,23)/t13-/m0/s1. The molecule has 3 rings (SSSR count). The Balaban J connectivity index is 1.73. The maximum Gasteiger partial charge on any atom is 0.573 e. The Labute approximate surface area is 156 Å². The zero-order valence-electron chi connectivity index (χ0n) is 13.2. The lowest BCUT2D eigenvalue weighted by Crippen LogP contribution is -2.51. The van der Waals surface area contributed by atoms with Crippen LogP contribution in [0.25, 0.3) is 0 Å². The van der Waals surface area contributed by atoms with Crippen LogP contribution >= 0.6 is 11.6 Å². The third-order valence-corrected chi connectivity index (χ3v) is 5.12. The molecule has 0 saturated carbocycles. The Bertz CT molecular complexity index is 981. The maximum atomic E-state index is 12.3. The number of ether oxygens (including phenoxy) is 1. The van der Waals surface area contributed by atoms with Gasteiger partial charge in [0.05, 0.1) is 5.69 Å². The number of carbonyl (C=O) groups excluding carboxylic acids is 1. The summed E-state index contributed by atoms with van der Waals surface area (Å²) in [5.74, 6) is -1.22. The number of fused-ring (bicyclic) bond motifs is 1. The summed E-state index contributed by atoms with van der Waals surface area (Å²) in [5, 5.41) is 5.31. The van der Waals surface area contributed by atoms with Gasteiger partial charge in [-0.05, 0) is 42.5 Å². The number of sulfonamides is 1. The predicted molar refractivity (Wildman–Crippen MR) is 90.9 cm³/mol. The van der Waals surface area contributed by atoms with E-state index in [0.717, 1.165) is 12.1 Å². The number of amides is 1. The molecule has 0 fully saturated rings. The Morgan fingerprint density at radius 3 is 2.44 bits per heavy atom. The van der Waals surface area contributed by atoms with E-state index in [1.807, 2.05) is 0 Å². The van der Waals surface area contributed by atoms with Crippen LogP contribution < -0.4 is 20.1 Å². The summed E-state index contributed by atoms with van der Waals surface area (Å²) in [5.41, 5.74) is 0.338. The van der Waals surface area contributed by atoms with Gasteiger partial charge >= 0.3 is 6.36 Å². The molecular formula is C15H11ClF3N3O4S. The van der Waals surface area contributed by atoms with Gasteiger partial charge < -0.3 is 15.4 Å². The summed E-state index contributed by atoms with van der Waals surface area (Å²) in [6, 6.07) is 8.51. The molecule has 1 amide bonds. The van der Waals surface area contributed by atoms with Crippen molar-refractivity contribution in [2.45, 2.75) is 17.4 Å². The van der Waals surface area contributed by atoms with Gasteiger partial charge in [0.2, 0.25) is 10.0 Å². The number of alkyl halides is 3. The van der Waals surface area contributed by atoms with Crippen LogP contribution in [-0.4, -0.2) is 26.9 Å². The van der Waals surface area contributed by atoms with Crippen LogP contribution in [0, 0.1) is 0 Å². The number of hydrogen-bond donors (Lipinski definition) is 3. The smallest absolute Gasteiger partial charge is 0.406 e. The van der Waals surface area contributed by atoms with Crippen molar-refractivity contribution >= 4 is 38.9 Å². The van der Waals surface area contributed by atoms with Gasteiger partial charge in [0.1, 0.15) is 10.6 Å². The van der Waals surface area contributed by atoms with Gasteiger partial charge in [0.25, 0.3) is 5.91 Å². The highest BCUT2D eigenvalue weighted by molar-refractivity contribution is 7.89. The molecule has 27 heavy (non-hydrogen) atoms. The van der Waals surface area contributed by atoms with Crippen LogP contribution in [0.5, 0.6) is 5.75 Å². The molecule has 0 spiro atoms. The topological polar surface area (TPSA) is 96.5 Å². The highest BCUT2D eigenvalue weighted by atomic mass is 35.5. The van der Waals surface area contributed by atoms with Crippen molar-refractivity contribution in [3.63, 3.8) is 0 Å². The predicted octanol–water partition coefficient (Wildman–Crippen LogP) is 2.91. The van der Waals surface area contributed by atoms with Gasteiger partial charge in [0, 0.05) is 10.7 Å². The first-order valence-corrected chi connectivity index (χ1v) is 9.15. The van der Waals surface area contributed by atoms with Crippen molar-refractivity contribution in [2.75, 3.05) is 10.6 Å². The van der Waals surface area contributed by atoms with E-state index in [0.29, 0.717) is 0 Å². The van der Waals surface area contributed by atoms with Crippen LogP contribution in [-0.2, 0) is 14.8 Å². The van der Waals surface area contributed by atoms with Crippen LogP contribution in [0.15, 0.2) is 47.4 Å². The Hall–Kier alpha value is -2.50. The zero-order chi connectivity index (χ0) is 19.8. The maximum absolute atomic E-state index is 12.3. The molecule has 0 aliphatic carbocycles. The molecule has 1 atom stereocenters. The van der Waals surface area contributed by atoms with Gasteiger partial charge in [-0.1, -0.05) is 11.6 Å². The monoisotopic (exact) mass is 421 g/mol. The molecule has 12 heteroatoms. The van der Waals surface area contributed by atoms with E-state index in [-0.39, 0.29) is 21.3 Å². The molecule has 1 aliphatic heterocycles. The third kappa shape index (κ3) is 4.62. The second-order valence-electron chi connectivity index (χ2n) is 5.40. The summed E-state index contributed by atoms with van der Waals surface area (Å²) < 4.78 is 66.8. The van der Waals surface area contributed by atoms with E-state index in [9.17, 15) is 26.4 Å². The molecule has 2 aromatic rings. The number of halogens is 4. The molecule has 1 heterocycles. The van der Waals surface area contributed by atoms with Crippen molar-refractivity contribution in [3.05, 3.63) is 47.5 Å². The Kier molecular flexibility index (Phi) is 4.93. The van der Waals surface area contributed by atoms with E-state index in [4.69, 9.17) is 11.6 Å². The van der Waals surface area contributed by atoms with Crippen LogP contribution in [0.4, 0.5) is 24.5 Å². The average Bonchev–Trinajstić information content (AvgIpc) is 2.55. The van der Waals surface area contributed by atoms with Gasteiger partial charge in [-0.25, -0.2) is 8.42 Å². The van der Waals surface area contributed by atoms with Gasteiger partial charge in [0.15, 0.2) is 6.17 Å². The van der Waals surface area contributed by atoms with Crippen LogP contribution in [0.2, 0.25) is 5.02 Å². The minimum atomic E-state index is -4.83. The molecule has 1 aliphatic rings. The fraction of sp³-hybridized carbons (Fsp3) is 0.133. The Morgan fingerprint density at radius 1 is 1.15 bits per heavy atom. The lowest BCUT2D eigenvalue weighted by molar-refractivity contribution is -0.274. The first kappa shape index (κ1) is 19.3. The fourth-order valence-corrected chi connectivity index (χ4v) is 3.85. The molecule has 0 unspecified atom stereocenters. The van der Waals surface area contributed by atoms with Crippen molar-refractivity contribution < 1.29 is 31.1 Å². The summed E-state index contributed by atoms with van der Waals surface area (Å²) in [7, 11) is -3.98. The van der Waals surface area contributed by atoms with E-state index in [1.165, 1.54) is 30.3 Å². The van der Waals surface area contributed by atoms with Crippen LogP contribution in [0.1, 0.15) is 0 Å². The molecule has 0 bridgehead atoms. The van der Waals surface area contributed by atoms with Crippen molar-refractivity contribution in [2.24, 2.45) is 0 Å². The van der Waals surface area contributed by atoms with Crippen LogP contribution in [0.3, 0.4) is 0 Å². The van der Waals surface area contributed by atoms with Crippen molar-refractivity contribution in [1.82, 2.24) is 4.72 Å². The lowest BCUT2D eigenvalue weighted by Gasteiger charge is -2.27. The van der Waals surface area contributed by atoms with E-state index in [2.05, 4.69) is 20.1 Å². The summed E-state index contributed by atoms with van der Waals surface area (Å²) in [6.45, 7) is 0. The summed E-state index contributed by atoms with van der Waals surface area (Å²) >= 11 is 5.78. The van der Waals surface area contributed by atoms with E-state index >= 15 is 0 Å². The second kappa shape index (κ2) is 6.91. The number of rotatable bonds is 3. The highest BCUT2D eigenvalue weighted by Crippen LogP contribution is 2.29. The third-order valence-electron chi connectivity index (χ3n) is 3.42. The van der Waals surface area contributed by atoms with Crippen molar-refractivity contribution in [1.29, 1.82) is 0 Å². The molecule has 0 aromatic heterocycles. The second-order valence-corrected chi connectivity index (χ2v) is 7.52. The lowest BCUT2D eigenvalue weighted by atomic mass is 10.2. The van der Waals surface area contributed by atoms with Crippen molar-refractivity contribution in [3.8, 4) is 5.75 Å². The quantitative estimate of drug-likeness (QED) is 0.708. The normalized spacial score (nSPS) is 18.1. The molecule has 144 valence electrons. The average molecular weight is 422 g/mol. The first-order chi connectivity index (χ1) is 12.5. The minimum Gasteiger partial charge on any atom is -0.406 e. The van der Waals surface area contributed by atoms with Gasteiger partial charge in [-0.3, -0.25) is 4.79 Å². The molecule has 0 saturated heterocycles. The summed E-state index contributed by atoms with van der Waals surface area (Å²) in [6.07, 6.45) is -6.15. The molecule has 3 N–H and O–H groups in total. The van der Waals surface area contributed by atoms with Gasteiger partial charge in [-0.15, -0.1) is 13.2 Å². The number of anilines is 2. The molecular weight excluding hydrogens is 411 g/mol. The fourth-order valence-electron chi connectivity index (χ4n) is 2.31. The minimum absolute atomic E-state index is 0.104. The Morgan fingerprint density at radius 2 is 1.81 bits per heavy atom. The zero-order valence-corrected chi connectivity index (χ0v) is 14.7. The number of benzene rings is 2. The first-order valence-electron chi connectivity index (χ1n) is 7.29. The number of hydrogen-bond acceptors (Lipinski definition) is 5. The number of nitrogens with one attached hydrogen (secondary N) is 3.